The van der Waals surface area contributed by atoms with Crippen molar-refractivity contribution in [1.29, 1.82) is 0 Å². The Bertz CT molecular complexity index is 426. The third-order valence-corrected chi connectivity index (χ3v) is 3.63. The SMILES string of the molecule is CCCC(N)C(=O)Nc1ccc(N2CCCCC2)nc1. The van der Waals surface area contributed by atoms with Crippen LogP contribution in [-0.4, -0.2) is 30.0 Å². The van der Waals surface area contributed by atoms with Gasteiger partial charge in [0.15, 0.2) is 0 Å². The summed E-state index contributed by atoms with van der Waals surface area (Å²) in [6.45, 7) is 4.16. The molecule has 20 heavy (non-hydrogen) atoms. The molecule has 1 atom stereocenters. The van der Waals surface area contributed by atoms with E-state index in [-0.39, 0.29) is 5.91 Å². The summed E-state index contributed by atoms with van der Waals surface area (Å²) in [6.07, 6.45) is 7.07. The van der Waals surface area contributed by atoms with Gasteiger partial charge in [-0.15, -0.1) is 0 Å². The minimum atomic E-state index is -0.443. The average molecular weight is 276 g/mol. The van der Waals surface area contributed by atoms with Gasteiger partial charge in [0, 0.05) is 13.1 Å². The largest absolute Gasteiger partial charge is 0.357 e. The molecular weight excluding hydrogens is 252 g/mol. The molecule has 1 aliphatic heterocycles. The molecule has 1 aromatic heterocycles. The quantitative estimate of drug-likeness (QED) is 0.864. The van der Waals surface area contributed by atoms with Gasteiger partial charge in [-0.1, -0.05) is 13.3 Å². The van der Waals surface area contributed by atoms with Gasteiger partial charge in [0.05, 0.1) is 17.9 Å². The Morgan fingerprint density at radius 1 is 1.40 bits per heavy atom. The van der Waals surface area contributed by atoms with Gasteiger partial charge < -0.3 is 16.0 Å². The molecule has 0 aliphatic carbocycles. The third-order valence-electron chi connectivity index (χ3n) is 3.63. The Morgan fingerprint density at radius 3 is 2.75 bits per heavy atom. The zero-order valence-corrected chi connectivity index (χ0v) is 12.1. The molecule has 0 aromatic carbocycles. The second-order valence-electron chi connectivity index (χ2n) is 5.34. The molecule has 0 radical (unpaired) electrons. The molecule has 110 valence electrons. The maximum atomic E-state index is 11.8. The van der Waals surface area contributed by atoms with Crippen LogP contribution < -0.4 is 16.0 Å². The number of nitrogens with one attached hydrogen (secondary N) is 1. The molecular formula is C15H24N4O. The second kappa shape index (κ2) is 7.24. The molecule has 0 saturated carbocycles. The van der Waals surface area contributed by atoms with E-state index in [0.717, 1.165) is 25.3 Å². The van der Waals surface area contributed by atoms with Crippen molar-refractivity contribution >= 4 is 17.4 Å². The number of carbonyl (C=O) groups is 1. The first-order valence-electron chi connectivity index (χ1n) is 7.48. The van der Waals surface area contributed by atoms with Crippen LogP contribution in [0.2, 0.25) is 0 Å². The van der Waals surface area contributed by atoms with Crippen molar-refractivity contribution in [2.45, 2.75) is 45.1 Å². The zero-order valence-electron chi connectivity index (χ0n) is 12.1. The molecule has 1 unspecified atom stereocenters. The summed E-state index contributed by atoms with van der Waals surface area (Å²) >= 11 is 0. The predicted molar refractivity (Wildman–Crippen MR) is 81.8 cm³/mol. The van der Waals surface area contributed by atoms with Crippen LogP contribution in [-0.2, 0) is 4.79 Å². The summed E-state index contributed by atoms with van der Waals surface area (Å²) < 4.78 is 0. The number of nitrogens with zero attached hydrogens (tertiary/aromatic N) is 2. The molecule has 3 N–H and O–H groups in total. The molecule has 1 aromatic rings. The lowest BCUT2D eigenvalue weighted by Gasteiger charge is -2.27. The van der Waals surface area contributed by atoms with Gasteiger partial charge in [-0.2, -0.15) is 0 Å². The molecule has 5 nitrogen and oxygen atoms in total. The second-order valence-corrected chi connectivity index (χ2v) is 5.34. The van der Waals surface area contributed by atoms with Crippen LogP contribution in [0.1, 0.15) is 39.0 Å². The Labute approximate surface area is 120 Å². The molecule has 1 amide bonds. The van der Waals surface area contributed by atoms with Gasteiger partial charge in [0.2, 0.25) is 5.91 Å². The fraction of sp³-hybridized carbons (Fsp3) is 0.600. The van der Waals surface area contributed by atoms with Crippen molar-refractivity contribution in [3.63, 3.8) is 0 Å². The van der Waals surface area contributed by atoms with Crippen LogP contribution in [0.5, 0.6) is 0 Å². The summed E-state index contributed by atoms with van der Waals surface area (Å²) in [5, 5.41) is 2.81. The van der Waals surface area contributed by atoms with Gasteiger partial charge in [0.1, 0.15) is 5.82 Å². The molecule has 1 saturated heterocycles. The molecule has 0 spiro atoms. The summed E-state index contributed by atoms with van der Waals surface area (Å²) in [5.41, 5.74) is 6.49. The number of pyridine rings is 1. The van der Waals surface area contributed by atoms with Crippen LogP contribution in [0.4, 0.5) is 11.5 Å². The fourth-order valence-corrected chi connectivity index (χ4v) is 2.45. The first kappa shape index (κ1) is 14.8. The molecule has 5 heteroatoms. The highest BCUT2D eigenvalue weighted by Crippen LogP contribution is 2.19. The minimum Gasteiger partial charge on any atom is -0.357 e. The van der Waals surface area contributed by atoms with E-state index >= 15 is 0 Å². The zero-order chi connectivity index (χ0) is 14.4. The van der Waals surface area contributed by atoms with Crippen molar-refractivity contribution in [2.75, 3.05) is 23.3 Å². The van der Waals surface area contributed by atoms with Gasteiger partial charge in [0.25, 0.3) is 0 Å². The van der Waals surface area contributed by atoms with Crippen molar-refractivity contribution < 1.29 is 4.79 Å². The van der Waals surface area contributed by atoms with Gasteiger partial charge in [-0.3, -0.25) is 4.79 Å². The summed E-state index contributed by atoms with van der Waals surface area (Å²) in [5.74, 6) is 0.847. The third kappa shape index (κ3) is 3.93. The molecule has 0 bridgehead atoms. The van der Waals surface area contributed by atoms with Crippen LogP contribution >= 0.6 is 0 Å². The highest BCUT2D eigenvalue weighted by atomic mass is 16.2. The fourth-order valence-electron chi connectivity index (χ4n) is 2.45. The van der Waals surface area contributed by atoms with Crippen LogP contribution in [0.15, 0.2) is 18.3 Å². The molecule has 1 aliphatic rings. The smallest absolute Gasteiger partial charge is 0.241 e. The molecule has 1 fully saturated rings. The van der Waals surface area contributed by atoms with Crippen molar-refractivity contribution in [1.82, 2.24) is 4.98 Å². The highest BCUT2D eigenvalue weighted by molar-refractivity contribution is 5.94. The van der Waals surface area contributed by atoms with Crippen molar-refractivity contribution in [3.05, 3.63) is 18.3 Å². The van der Waals surface area contributed by atoms with E-state index in [0.29, 0.717) is 12.1 Å². The standard InChI is InChI=1S/C15H24N4O/c1-2-6-13(16)15(20)18-12-7-8-14(17-11-12)19-9-4-3-5-10-19/h7-8,11,13H,2-6,9-10,16H2,1H3,(H,18,20). The van der Waals surface area contributed by atoms with Crippen LogP contribution in [0, 0.1) is 0 Å². The highest BCUT2D eigenvalue weighted by Gasteiger charge is 2.14. The number of nitrogens with two attached hydrogens (primary N) is 1. The normalized spacial score (nSPS) is 16.8. The maximum absolute atomic E-state index is 11.8. The summed E-state index contributed by atoms with van der Waals surface area (Å²) in [7, 11) is 0. The Kier molecular flexibility index (Phi) is 5.35. The lowest BCUT2D eigenvalue weighted by atomic mass is 10.1. The summed E-state index contributed by atoms with van der Waals surface area (Å²) in [4.78, 5) is 18.5. The minimum absolute atomic E-state index is 0.139. The monoisotopic (exact) mass is 276 g/mol. The van der Waals surface area contributed by atoms with E-state index in [1.165, 1.54) is 19.3 Å². The van der Waals surface area contributed by atoms with Gasteiger partial charge in [-0.25, -0.2) is 4.98 Å². The number of aromatic nitrogens is 1. The van der Waals surface area contributed by atoms with E-state index < -0.39 is 6.04 Å². The van der Waals surface area contributed by atoms with Crippen molar-refractivity contribution in [3.8, 4) is 0 Å². The Balaban J connectivity index is 1.92. The van der Waals surface area contributed by atoms with Gasteiger partial charge >= 0.3 is 0 Å². The lowest BCUT2D eigenvalue weighted by molar-refractivity contribution is -0.117. The lowest BCUT2D eigenvalue weighted by Crippen LogP contribution is -2.35. The number of rotatable bonds is 5. The summed E-state index contributed by atoms with van der Waals surface area (Å²) in [6, 6.07) is 3.42. The number of anilines is 2. The van der Waals surface area contributed by atoms with E-state index in [1.54, 1.807) is 6.20 Å². The first-order valence-corrected chi connectivity index (χ1v) is 7.48. The Morgan fingerprint density at radius 2 is 2.15 bits per heavy atom. The van der Waals surface area contributed by atoms with E-state index in [1.807, 2.05) is 19.1 Å². The Hall–Kier alpha value is -1.62. The number of hydrogen-bond acceptors (Lipinski definition) is 4. The number of carbonyl (C=O) groups excluding carboxylic acids is 1. The van der Waals surface area contributed by atoms with Crippen LogP contribution in [0.3, 0.4) is 0 Å². The topological polar surface area (TPSA) is 71.2 Å². The van der Waals surface area contributed by atoms with E-state index in [9.17, 15) is 4.79 Å². The maximum Gasteiger partial charge on any atom is 0.241 e. The van der Waals surface area contributed by atoms with Crippen LogP contribution in [0.25, 0.3) is 0 Å². The number of piperidine rings is 1. The first-order chi connectivity index (χ1) is 9.70. The molecule has 2 heterocycles. The van der Waals surface area contributed by atoms with Gasteiger partial charge in [-0.05, 0) is 37.8 Å². The molecule has 2 rings (SSSR count). The van der Waals surface area contributed by atoms with E-state index in [4.69, 9.17) is 5.73 Å². The number of hydrogen-bond donors (Lipinski definition) is 2. The predicted octanol–water partition coefficient (Wildman–Crippen LogP) is 2.14. The average Bonchev–Trinajstić information content (AvgIpc) is 2.49. The van der Waals surface area contributed by atoms with E-state index in [2.05, 4.69) is 15.2 Å². The van der Waals surface area contributed by atoms with Crippen molar-refractivity contribution in [2.24, 2.45) is 5.73 Å². The number of amides is 1.